The maximum Gasteiger partial charge on any atom is 0.339 e. The number of aromatic carboxylic acids is 1. The van der Waals surface area contributed by atoms with Crippen molar-refractivity contribution in [1.82, 2.24) is 4.98 Å². The van der Waals surface area contributed by atoms with Crippen molar-refractivity contribution >= 4 is 12.3 Å². The maximum absolute atomic E-state index is 10.4. The third kappa shape index (κ3) is 1.24. The van der Waals surface area contributed by atoms with Gasteiger partial charge < -0.3 is 10.2 Å². The van der Waals surface area contributed by atoms with E-state index in [0.29, 0.717) is 6.29 Å². The summed E-state index contributed by atoms with van der Waals surface area (Å²) >= 11 is 0. The normalized spacial score (nSPS) is 9.33. The fraction of sp³-hybridized carbons (Fsp3) is 0. The Morgan fingerprint density at radius 3 is 2.75 bits per heavy atom. The fourth-order valence-corrected chi connectivity index (χ4v) is 0.729. The van der Waals surface area contributed by atoms with Gasteiger partial charge in [0.1, 0.15) is 11.3 Å². The van der Waals surface area contributed by atoms with Crippen molar-refractivity contribution < 1.29 is 19.8 Å². The summed E-state index contributed by atoms with van der Waals surface area (Å²) in [6, 6.07) is 1.12. The highest BCUT2D eigenvalue weighted by Crippen LogP contribution is 2.17. The average molecular weight is 167 g/mol. The molecule has 0 saturated heterocycles. The van der Waals surface area contributed by atoms with E-state index >= 15 is 0 Å². The standard InChI is InChI=1S/C7H5NO4/c9-3-5-6(10)4(7(11)12)1-2-8-5/h1-3,10H,(H,11,12). The van der Waals surface area contributed by atoms with Gasteiger partial charge in [-0.05, 0) is 6.07 Å². The first kappa shape index (κ1) is 8.19. The molecular formula is C7H5NO4. The second kappa shape index (κ2) is 3.00. The Kier molecular flexibility index (Phi) is 2.05. The number of aromatic nitrogens is 1. The summed E-state index contributed by atoms with van der Waals surface area (Å²) in [4.78, 5) is 24.0. The van der Waals surface area contributed by atoms with E-state index < -0.39 is 11.7 Å². The quantitative estimate of drug-likeness (QED) is 0.618. The molecule has 0 spiro atoms. The van der Waals surface area contributed by atoms with Gasteiger partial charge in [-0.2, -0.15) is 0 Å². The molecule has 0 bridgehead atoms. The van der Waals surface area contributed by atoms with E-state index in [1.165, 1.54) is 0 Å². The van der Waals surface area contributed by atoms with E-state index in [4.69, 9.17) is 10.2 Å². The van der Waals surface area contributed by atoms with Crippen molar-refractivity contribution in [2.45, 2.75) is 0 Å². The lowest BCUT2D eigenvalue weighted by molar-refractivity contribution is 0.0693. The van der Waals surface area contributed by atoms with Crippen LogP contribution in [0.15, 0.2) is 12.3 Å². The summed E-state index contributed by atoms with van der Waals surface area (Å²) in [6.45, 7) is 0. The molecule has 1 aromatic heterocycles. The number of aldehydes is 1. The van der Waals surface area contributed by atoms with Crippen molar-refractivity contribution in [3.05, 3.63) is 23.5 Å². The average Bonchev–Trinajstić information content (AvgIpc) is 2.04. The highest BCUT2D eigenvalue weighted by Gasteiger charge is 2.12. The van der Waals surface area contributed by atoms with Gasteiger partial charge in [-0.3, -0.25) is 4.79 Å². The predicted molar refractivity (Wildman–Crippen MR) is 38.2 cm³/mol. The Morgan fingerprint density at radius 2 is 2.25 bits per heavy atom. The van der Waals surface area contributed by atoms with Gasteiger partial charge in [-0.1, -0.05) is 0 Å². The molecule has 5 heteroatoms. The zero-order chi connectivity index (χ0) is 9.14. The molecule has 1 rings (SSSR count). The number of carboxylic acids is 1. The first-order chi connectivity index (χ1) is 5.66. The minimum absolute atomic E-state index is 0.269. The van der Waals surface area contributed by atoms with E-state index in [-0.39, 0.29) is 11.3 Å². The fourth-order valence-electron chi connectivity index (χ4n) is 0.729. The van der Waals surface area contributed by atoms with E-state index in [1.807, 2.05) is 0 Å². The van der Waals surface area contributed by atoms with Gasteiger partial charge in [0.25, 0.3) is 0 Å². The number of carboxylic acid groups (broad SMARTS) is 1. The number of pyridine rings is 1. The predicted octanol–water partition coefficient (Wildman–Crippen LogP) is 0.298. The molecule has 0 aliphatic carbocycles. The zero-order valence-electron chi connectivity index (χ0n) is 5.89. The molecule has 5 nitrogen and oxygen atoms in total. The summed E-state index contributed by atoms with van der Waals surface area (Å²) in [7, 11) is 0. The Balaban J connectivity index is 3.32. The molecular weight excluding hydrogens is 162 g/mol. The number of hydrogen-bond acceptors (Lipinski definition) is 4. The Labute approximate surface area is 67.3 Å². The van der Waals surface area contributed by atoms with Crippen molar-refractivity contribution in [2.75, 3.05) is 0 Å². The number of aromatic hydroxyl groups is 1. The molecule has 0 unspecified atom stereocenters. The molecule has 0 saturated carbocycles. The van der Waals surface area contributed by atoms with Crippen LogP contribution in [0.4, 0.5) is 0 Å². The second-order valence-electron chi connectivity index (χ2n) is 2.02. The molecule has 2 N–H and O–H groups in total. The highest BCUT2D eigenvalue weighted by molar-refractivity contribution is 5.93. The number of carbonyl (C=O) groups is 2. The van der Waals surface area contributed by atoms with E-state index in [9.17, 15) is 9.59 Å². The SMILES string of the molecule is O=Cc1nccc(C(=O)O)c1O. The monoisotopic (exact) mass is 167 g/mol. The summed E-state index contributed by atoms with van der Waals surface area (Å²) in [5.74, 6) is -1.89. The lowest BCUT2D eigenvalue weighted by Crippen LogP contribution is -2.00. The first-order valence-corrected chi connectivity index (χ1v) is 3.03. The van der Waals surface area contributed by atoms with E-state index in [0.717, 1.165) is 12.3 Å². The second-order valence-corrected chi connectivity index (χ2v) is 2.02. The molecule has 0 amide bonds. The minimum atomic E-state index is -1.29. The van der Waals surface area contributed by atoms with Crippen molar-refractivity contribution in [1.29, 1.82) is 0 Å². The summed E-state index contributed by atoms with van der Waals surface area (Å²) < 4.78 is 0. The van der Waals surface area contributed by atoms with Crippen LogP contribution in [0.3, 0.4) is 0 Å². The van der Waals surface area contributed by atoms with Gasteiger partial charge >= 0.3 is 5.97 Å². The summed E-state index contributed by atoms with van der Waals surface area (Å²) in [6.07, 6.45) is 1.44. The van der Waals surface area contributed by atoms with Crippen LogP contribution in [0, 0.1) is 0 Å². The Morgan fingerprint density at radius 1 is 1.58 bits per heavy atom. The third-order valence-electron chi connectivity index (χ3n) is 1.29. The van der Waals surface area contributed by atoms with Crippen LogP contribution in [0.5, 0.6) is 5.75 Å². The molecule has 1 aromatic rings. The number of hydrogen-bond donors (Lipinski definition) is 2. The Hall–Kier alpha value is -1.91. The summed E-state index contributed by atoms with van der Waals surface area (Å²) in [5, 5.41) is 17.6. The van der Waals surface area contributed by atoms with Crippen LogP contribution in [-0.4, -0.2) is 27.5 Å². The number of nitrogens with zero attached hydrogens (tertiary/aromatic N) is 1. The van der Waals surface area contributed by atoms with Crippen molar-refractivity contribution in [3.8, 4) is 5.75 Å². The minimum Gasteiger partial charge on any atom is -0.505 e. The molecule has 0 aliphatic rings. The van der Waals surface area contributed by atoms with Crippen LogP contribution in [0.1, 0.15) is 20.8 Å². The molecule has 0 aliphatic heterocycles. The van der Waals surface area contributed by atoms with Gasteiger partial charge in [0.15, 0.2) is 12.0 Å². The van der Waals surface area contributed by atoms with Gasteiger partial charge in [-0.15, -0.1) is 0 Å². The lowest BCUT2D eigenvalue weighted by Gasteiger charge is -1.98. The molecule has 0 aromatic carbocycles. The van der Waals surface area contributed by atoms with E-state index in [1.54, 1.807) is 0 Å². The van der Waals surface area contributed by atoms with Crippen LogP contribution in [0.2, 0.25) is 0 Å². The molecule has 12 heavy (non-hydrogen) atoms. The van der Waals surface area contributed by atoms with Gasteiger partial charge in [0.2, 0.25) is 0 Å². The topological polar surface area (TPSA) is 87.5 Å². The maximum atomic E-state index is 10.4. The van der Waals surface area contributed by atoms with Crippen LogP contribution < -0.4 is 0 Å². The van der Waals surface area contributed by atoms with Gasteiger partial charge in [0, 0.05) is 6.20 Å². The highest BCUT2D eigenvalue weighted by atomic mass is 16.4. The van der Waals surface area contributed by atoms with Crippen LogP contribution in [0.25, 0.3) is 0 Å². The molecule has 0 fully saturated rings. The van der Waals surface area contributed by atoms with Crippen molar-refractivity contribution in [2.24, 2.45) is 0 Å². The number of rotatable bonds is 2. The molecule has 0 radical (unpaired) electrons. The van der Waals surface area contributed by atoms with Crippen molar-refractivity contribution in [3.63, 3.8) is 0 Å². The smallest absolute Gasteiger partial charge is 0.339 e. The Bertz CT molecular complexity index is 334. The first-order valence-electron chi connectivity index (χ1n) is 3.03. The summed E-state index contributed by atoms with van der Waals surface area (Å²) in [5.41, 5.74) is -0.595. The molecule has 62 valence electrons. The van der Waals surface area contributed by atoms with Crippen LogP contribution >= 0.6 is 0 Å². The number of carbonyl (C=O) groups excluding carboxylic acids is 1. The zero-order valence-corrected chi connectivity index (χ0v) is 5.89. The molecule has 1 heterocycles. The van der Waals surface area contributed by atoms with Gasteiger partial charge in [-0.25, -0.2) is 9.78 Å². The van der Waals surface area contributed by atoms with Gasteiger partial charge in [0.05, 0.1) is 0 Å². The molecule has 0 atom stereocenters. The third-order valence-corrected chi connectivity index (χ3v) is 1.29. The van der Waals surface area contributed by atoms with E-state index in [2.05, 4.69) is 4.98 Å². The lowest BCUT2D eigenvalue weighted by atomic mass is 10.2. The largest absolute Gasteiger partial charge is 0.505 e. The van der Waals surface area contributed by atoms with Crippen LogP contribution in [-0.2, 0) is 0 Å².